The van der Waals surface area contributed by atoms with Gasteiger partial charge in [-0.15, -0.1) is 0 Å². The predicted molar refractivity (Wildman–Crippen MR) is 72.6 cm³/mol. The van der Waals surface area contributed by atoms with Crippen LogP contribution in [0.1, 0.15) is 19.4 Å². The number of ether oxygens (including phenoxy) is 1. The van der Waals surface area contributed by atoms with Crippen LogP contribution in [0.4, 0.5) is 4.39 Å². The fourth-order valence-electron chi connectivity index (χ4n) is 2.29. The summed E-state index contributed by atoms with van der Waals surface area (Å²) in [5.41, 5.74) is 0.698. The highest BCUT2D eigenvalue weighted by molar-refractivity contribution is 5.24. The second-order valence-electron chi connectivity index (χ2n) is 6.15. The van der Waals surface area contributed by atoms with Gasteiger partial charge in [0, 0.05) is 18.5 Å². The average Bonchev–Trinajstić information content (AvgIpc) is 2.32. The normalized spacial score (nSPS) is 18.1. The Morgan fingerprint density at radius 3 is 2.68 bits per heavy atom. The van der Waals surface area contributed by atoms with Gasteiger partial charge in [-0.05, 0) is 17.7 Å². The molecule has 1 saturated heterocycles. The first kappa shape index (κ1) is 14.4. The van der Waals surface area contributed by atoms with Gasteiger partial charge < -0.3 is 15.2 Å². The van der Waals surface area contributed by atoms with Gasteiger partial charge in [0.05, 0.1) is 25.2 Å². The Bertz CT molecular complexity index is 424. The molecule has 1 aliphatic rings. The largest absolute Gasteiger partial charge is 0.396 e. The zero-order valence-electron chi connectivity index (χ0n) is 11.6. The standard InChI is InChI=1S/C15H22FNO2/c1-14(2,12-4-3-5-13(16)6-12)7-17-8-15(9-18)10-19-11-15/h3-6,17-18H,7-11H2,1-2H3. The summed E-state index contributed by atoms with van der Waals surface area (Å²) in [7, 11) is 0. The Labute approximate surface area is 113 Å². The first-order valence-electron chi connectivity index (χ1n) is 6.63. The maximum atomic E-state index is 13.3. The van der Waals surface area contributed by atoms with Crippen LogP contribution in [0.2, 0.25) is 0 Å². The maximum Gasteiger partial charge on any atom is 0.123 e. The molecule has 0 atom stereocenters. The number of benzene rings is 1. The van der Waals surface area contributed by atoms with Crippen molar-refractivity contribution in [1.29, 1.82) is 0 Å². The Morgan fingerprint density at radius 1 is 1.42 bits per heavy atom. The van der Waals surface area contributed by atoms with E-state index in [2.05, 4.69) is 19.2 Å². The summed E-state index contributed by atoms with van der Waals surface area (Å²) in [4.78, 5) is 0. The van der Waals surface area contributed by atoms with Gasteiger partial charge in [0.25, 0.3) is 0 Å². The van der Waals surface area contributed by atoms with Gasteiger partial charge in [-0.3, -0.25) is 0 Å². The van der Waals surface area contributed by atoms with Crippen LogP contribution in [-0.4, -0.2) is 38.0 Å². The molecule has 0 spiro atoms. The van der Waals surface area contributed by atoms with E-state index in [4.69, 9.17) is 4.74 Å². The van der Waals surface area contributed by atoms with E-state index in [9.17, 15) is 9.50 Å². The minimum Gasteiger partial charge on any atom is -0.396 e. The molecule has 4 heteroatoms. The van der Waals surface area contributed by atoms with Crippen LogP contribution in [0, 0.1) is 11.2 Å². The molecule has 0 saturated carbocycles. The fraction of sp³-hybridized carbons (Fsp3) is 0.600. The van der Waals surface area contributed by atoms with E-state index in [0.29, 0.717) is 13.2 Å². The SMILES string of the molecule is CC(C)(CNCC1(CO)COC1)c1cccc(F)c1. The smallest absolute Gasteiger partial charge is 0.123 e. The number of aliphatic hydroxyl groups excluding tert-OH is 1. The van der Waals surface area contributed by atoms with Crippen LogP contribution in [0.5, 0.6) is 0 Å². The van der Waals surface area contributed by atoms with Gasteiger partial charge in [-0.2, -0.15) is 0 Å². The van der Waals surface area contributed by atoms with Crippen LogP contribution in [0.25, 0.3) is 0 Å². The first-order chi connectivity index (χ1) is 8.97. The van der Waals surface area contributed by atoms with E-state index in [1.54, 1.807) is 12.1 Å². The number of hydrogen-bond acceptors (Lipinski definition) is 3. The van der Waals surface area contributed by atoms with Crippen molar-refractivity contribution < 1.29 is 14.2 Å². The molecule has 19 heavy (non-hydrogen) atoms. The summed E-state index contributed by atoms with van der Waals surface area (Å²) >= 11 is 0. The highest BCUT2D eigenvalue weighted by Crippen LogP contribution is 2.27. The molecule has 0 bridgehead atoms. The van der Waals surface area contributed by atoms with Gasteiger partial charge in [0.15, 0.2) is 0 Å². The molecule has 0 unspecified atom stereocenters. The highest BCUT2D eigenvalue weighted by atomic mass is 19.1. The Hall–Kier alpha value is -0.970. The highest BCUT2D eigenvalue weighted by Gasteiger charge is 2.38. The lowest BCUT2D eigenvalue weighted by molar-refractivity contribution is -0.134. The lowest BCUT2D eigenvalue weighted by atomic mass is 9.83. The van der Waals surface area contributed by atoms with E-state index < -0.39 is 0 Å². The van der Waals surface area contributed by atoms with Crippen LogP contribution >= 0.6 is 0 Å². The topological polar surface area (TPSA) is 41.5 Å². The van der Waals surface area contributed by atoms with E-state index in [1.165, 1.54) is 6.07 Å². The number of hydrogen-bond donors (Lipinski definition) is 2. The van der Waals surface area contributed by atoms with E-state index in [0.717, 1.165) is 18.7 Å². The molecule has 2 rings (SSSR count). The van der Waals surface area contributed by atoms with Crippen molar-refractivity contribution in [3.8, 4) is 0 Å². The average molecular weight is 267 g/mol. The minimum absolute atomic E-state index is 0.127. The van der Waals surface area contributed by atoms with Crippen molar-refractivity contribution in [2.24, 2.45) is 5.41 Å². The molecule has 1 aromatic rings. The van der Waals surface area contributed by atoms with Crippen LogP contribution in [-0.2, 0) is 10.2 Å². The molecule has 1 aromatic carbocycles. The van der Waals surface area contributed by atoms with Crippen molar-refractivity contribution in [1.82, 2.24) is 5.32 Å². The van der Waals surface area contributed by atoms with Crippen LogP contribution in [0.15, 0.2) is 24.3 Å². The zero-order valence-corrected chi connectivity index (χ0v) is 11.6. The lowest BCUT2D eigenvalue weighted by Gasteiger charge is -2.40. The molecule has 1 fully saturated rings. The molecule has 2 N–H and O–H groups in total. The summed E-state index contributed by atoms with van der Waals surface area (Å²) in [6, 6.07) is 6.72. The molecular weight excluding hydrogens is 245 g/mol. The summed E-state index contributed by atoms with van der Waals surface area (Å²) in [5, 5.41) is 12.7. The number of aliphatic hydroxyl groups is 1. The Balaban J connectivity index is 1.90. The van der Waals surface area contributed by atoms with Crippen molar-refractivity contribution in [3.05, 3.63) is 35.6 Å². The summed E-state index contributed by atoms with van der Waals surface area (Å²) in [6.07, 6.45) is 0. The number of halogens is 1. The van der Waals surface area contributed by atoms with Crippen molar-refractivity contribution in [3.63, 3.8) is 0 Å². The monoisotopic (exact) mass is 267 g/mol. The van der Waals surface area contributed by atoms with Gasteiger partial charge in [0.2, 0.25) is 0 Å². The fourth-order valence-corrected chi connectivity index (χ4v) is 2.29. The molecule has 0 aromatic heterocycles. The third kappa shape index (κ3) is 3.32. The molecule has 0 radical (unpaired) electrons. The summed E-state index contributed by atoms with van der Waals surface area (Å²) < 4.78 is 18.4. The second kappa shape index (κ2) is 5.57. The zero-order chi connectivity index (χ0) is 13.9. The van der Waals surface area contributed by atoms with Crippen molar-refractivity contribution in [2.45, 2.75) is 19.3 Å². The van der Waals surface area contributed by atoms with Gasteiger partial charge in [-0.1, -0.05) is 26.0 Å². The molecule has 3 nitrogen and oxygen atoms in total. The summed E-state index contributed by atoms with van der Waals surface area (Å²) in [6.45, 7) is 6.98. The molecule has 1 aliphatic heterocycles. The maximum absolute atomic E-state index is 13.3. The van der Waals surface area contributed by atoms with Crippen LogP contribution in [0.3, 0.4) is 0 Å². The van der Waals surface area contributed by atoms with Gasteiger partial charge in [-0.25, -0.2) is 4.39 Å². The van der Waals surface area contributed by atoms with Crippen molar-refractivity contribution >= 4 is 0 Å². The van der Waals surface area contributed by atoms with E-state index in [1.807, 2.05) is 6.07 Å². The number of nitrogens with one attached hydrogen (secondary N) is 1. The van der Waals surface area contributed by atoms with Crippen LogP contribution < -0.4 is 5.32 Å². The molecule has 106 valence electrons. The Kier molecular flexibility index (Phi) is 4.23. The second-order valence-corrected chi connectivity index (χ2v) is 6.15. The third-order valence-corrected chi connectivity index (χ3v) is 3.82. The summed E-state index contributed by atoms with van der Waals surface area (Å²) in [5.74, 6) is -0.204. The quantitative estimate of drug-likeness (QED) is 0.824. The third-order valence-electron chi connectivity index (χ3n) is 3.82. The minimum atomic E-state index is -0.204. The number of rotatable bonds is 6. The molecular formula is C15H22FNO2. The molecule has 0 amide bonds. The van der Waals surface area contributed by atoms with Gasteiger partial charge in [0.1, 0.15) is 5.82 Å². The van der Waals surface area contributed by atoms with Gasteiger partial charge >= 0.3 is 0 Å². The van der Waals surface area contributed by atoms with Crippen molar-refractivity contribution in [2.75, 3.05) is 32.9 Å². The lowest BCUT2D eigenvalue weighted by Crippen LogP contribution is -2.53. The molecule has 1 heterocycles. The Morgan fingerprint density at radius 2 is 2.16 bits per heavy atom. The van der Waals surface area contributed by atoms with E-state index >= 15 is 0 Å². The van der Waals surface area contributed by atoms with E-state index in [-0.39, 0.29) is 23.3 Å². The molecule has 0 aliphatic carbocycles. The first-order valence-corrected chi connectivity index (χ1v) is 6.63. The predicted octanol–water partition coefficient (Wildman–Crippen LogP) is 1.70.